The fourth-order valence-corrected chi connectivity index (χ4v) is 2.79. The molecule has 1 aromatic heterocycles. The molecule has 1 unspecified atom stereocenters. The molecule has 0 aromatic carbocycles. The van der Waals surface area contributed by atoms with Crippen LogP contribution in [0.1, 0.15) is 41.1 Å². The summed E-state index contributed by atoms with van der Waals surface area (Å²) < 4.78 is 0. The highest BCUT2D eigenvalue weighted by Gasteiger charge is 2.10. The summed E-state index contributed by atoms with van der Waals surface area (Å²) in [6, 6.07) is 2.57. The fourth-order valence-electron chi connectivity index (χ4n) is 1.77. The summed E-state index contributed by atoms with van der Waals surface area (Å²) in [5.41, 5.74) is 6.45. The highest BCUT2D eigenvalue weighted by atomic mass is 32.1. The second-order valence-electron chi connectivity index (χ2n) is 4.11. The van der Waals surface area contributed by atoms with Gasteiger partial charge < -0.3 is 11.1 Å². The van der Waals surface area contributed by atoms with Gasteiger partial charge in [-0.05, 0) is 45.4 Å². The van der Waals surface area contributed by atoms with Crippen molar-refractivity contribution in [1.29, 1.82) is 0 Å². The van der Waals surface area contributed by atoms with E-state index < -0.39 is 0 Å². The van der Waals surface area contributed by atoms with Gasteiger partial charge in [0.05, 0.1) is 0 Å². The topological polar surface area (TPSA) is 55.1 Å². The summed E-state index contributed by atoms with van der Waals surface area (Å²) in [5.74, 6) is -0.225. The van der Waals surface area contributed by atoms with Crippen molar-refractivity contribution in [3.63, 3.8) is 0 Å². The molecule has 1 atom stereocenters. The molecule has 1 rings (SSSR count). The molecule has 3 N–H and O–H groups in total. The lowest BCUT2D eigenvalue weighted by Crippen LogP contribution is -2.21. The van der Waals surface area contributed by atoms with Crippen LogP contribution in [0.5, 0.6) is 0 Å². The molecule has 0 aliphatic heterocycles. The van der Waals surface area contributed by atoms with Crippen molar-refractivity contribution in [3.8, 4) is 0 Å². The molecule has 0 aliphatic carbocycles. The van der Waals surface area contributed by atoms with Crippen LogP contribution >= 0.6 is 11.3 Å². The first-order valence-electron chi connectivity index (χ1n) is 5.59. The van der Waals surface area contributed by atoms with Crippen molar-refractivity contribution in [2.45, 2.75) is 39.7 Å². The number of nitrogens with two attached hydrogens (primary N) is 1. The third kappa shape index (κ3) is 3.94. The van der Waals surface area contributed by atoms with E-state index in [2.05, 4.69) is 32.2 Å². The molecule has 0 fully saturated rings. The second kappa shape index (κ2) is 6.01. The molecule has 0 spiro atoms. The number of amides is 1. The Kier molecular flexibility index (Phi) is 4.96. The first kappa shape index (κ1) is 13.2. The van der Waals surface area contributed by atoms with Gasteiger partial charge in [0.1, 0.15) is 0 Å². The van der Waals surface area contributed by atoms with Gasteiger partial charge in [-0.3, -0.25) is 4.79 Å². The van der Waals surface area contributed by atoms with Crippen LogP contribution in [0.25, 0.3) is 0 Å². The molecule has 16 heavy (non-hydrogen) atoms. The zero-order valence-electron chi connectivity index (χ0n) is 10.2. The predicted molar refractivity (Wildman–Crippen MR) is 68.6 cm³/mol. The molecule has 0 saturated carbocycles. The first-order valence-corrected chi connectivity index (χ1v) is 6.41. The number of carbonyl (C=O) groups excluding carboxylic acids is 1. The minimum atomic E-state index is -0.225. The van der Waals surface area contributed by atoms with E-state index in [1.165, 1.54) is 15.3 Å². The maximum Gasteiger partial charge on any atom is 0.217 e. The summed E-state index contributed by atoms with van der Waals surface area (Å²) >= 11 is 1.83. The number of rotatable bonds is 6. The maximum atomic E-state index is 10.6. The number of hydrogen-bond donors (Lipinski definition) is 2. The van der Waals surface area contributed by atoms with Crippen LogP contribution < -0.4 is 11.1 Å². The van der Waals surface area contributed by atoms with E-state index in [0.717, 1.165) is 13.0 Å². The zero-order valence-corrected chi connectivity index (χ0v) is 11.0. The molecule has 0 radical (unpaired) electrons. The third-order valence-electron chi connectivity index (χ3n) is 2.60. The number of thiophene rings is 1. The molecular weight excluding hydrogens is 220 g/mol. The number of aryl methyl sites for hydroxylation is 2. The van der Waals surface area contributed by atoms with Crippen molar-refractivity contribution in [3.05, 3.63) is 21.4 Å². The summed E-state index contributed by atoms with van der Waals surface area (Å²) in [6.07, 6.45) is 1.27. The smallest absolute Gasteiger partial charge is 0.217 e. The highest BCUT2D eigenvalue weighted by molar-refractivity contribution is 7.12. The Morgan fingerprint density at radius 3 is 2.75 bits per heavy atom. The van der Waals surface area contributed by atoms with Crippen LogP contribution in [-0.2, 0) is 4.79 Å². The average molecular weight is 240 g/mol. The lowest BCUT2D eigenvalue weighted by Gasteiger charge is -2.13. The Bertz CT molecular complexity index is 360. The van der Waals surface area contributed by atoms with Crippen LogP contribution in [-0.4, -0.2) is 12.5 Å². The van der Waals surface area contributed by atoms with E-state index in [0.29, 0.717) is 12.5 Å². The van der Waals surface area contributed by atoms with E-state index in [-0.39, 0.29) is 5.91 Å². The van der Waals surface area contributed by atoms with Gasteiger partial charge in [0.15, 0.2) is 0 Å². The van der Waals surface area contributed by atoms with Gasteiger partial charge in [0.25, 0.3) is 0 Å². The predicted octanol–water partition coefficient (Wildman–Crippen LogP) is 2.28. The Morgan fingerprint density at radius 2 is 2.25 bits per heavy atom. The number of nitrogens with one attached hydrogen (secondary N) is 1. The second-order valence-corrected chi connectivity index (χ2v) is 5.57. The molecule has 0 aliphatic rings. The Hall–Kier alpha value is -0.870. The lowest BCUT2D eigenvalue weighted by molar-refractivity contribution is -0.118. The highest BCUT2D eigenvalue weighted by Crippen LogP contribution is 2.25. The van der Waals surface area contributed by atoms with Crippen LogP contribution in [0.15, 0.2) is 6.07 Å². The lowest BCUT2D eigenvalue weighted by atomic mass is 10.1. The number of primary amides is 1. The molecular formula is C12H20N2OS. The molecule has 3 nitrogen and oxygen atoms in total. The Morgan fingerprint density at radius 1 is 1.56 bits per heavy atom. The normalized spacial score (nSPS) is 12.7. The van der Waals surface area contributed by atoms with Crippen molar-refractivity contribution < 1.29 is 4.79 Å². The van der Waals surface area contributed by atoms with E-state index >= 15 is 0 Å². The Balaban J connectivity index is 2.38. The van der Waals surface area contributed by atoms with Gasteiger partial charge in [-0.25, -0.2) is 0 Å². The maximum absolute atomic E-state index is 10.6. The average Bonchev–Trinajstić information content (AvgIpc) is 2.52. The van der Waals surface area contributed by atoms with Crippen molar-refractivity contribution in [1.82, 2.24) is 5.32 Å². The third-order valence-corrected chi connectivity index (χ3v) is 3.58. The zero-order chi connectivity index (χ0) is 12.1. The van der Waals surface area contributed by atoms with Crippen molar-refractivity contribution >= 4 is 17.2 Å². The van der Waals surface area contributed by atoms with E-state index in [1.807, 2.05) is 11.3 Å². The standard InChI is InChI=1S/C12H20N2OS/c1-8-7-11(10(3)16-8)9(2)14-6-4-5-12(13)15/h7,9,14H,4-6H2,1-3H3,(H2,13,15). The quantitative estimate of drug-likeness (QED) is 0.750. The Labute approximate surface area is 101 Å². The van der Waals surface area contributed by atoms with Gasteiger partial charge in [0.2, 0.25) is 5.91 Å². The number of carbonyl (C=O) groups is 1. The minimum absolute atomic E-state index is 0.225. The summed E-state index contributed by atoms with van der Waals surface area (Å²) in [4.78, 5) is 13.3. The van der Waals surface area contributed by atoms with Crippen LogP contribution in [0.2, 0.25) is 0 Å². The summed E-state index contributed by atoms with van der Waals surface area (Å²) in [7, 11) is 0. The van der Waals surface area contributed by atoms with Crippen molar-refractivity contribution in [2.24, 2.45) is 5.73 Å². The molecule has 1 amide bonds. The van der Waals surface area contributed by atoms with Gasteiger partial charge in [-0.1, -0.05) is 0 Å². The SMILES string of the molecule is Cc1cc(C(C)NCCCC(N)=O)c(C)s1. The largest absolute Gasteiger partial charge is 0.370 e. The van der Waals surface area contributed by atoms with Gasteiger partial charge in [-0.2, -0.15) is 0 Å². The molecule has 4 heteroatoms. The van der Waals surface area contributed by atoms with E-state index in [1.54, 1.807) is 0 Å². The minimum Gasteiger partial charge on any atom is -0.370 e. The van der Waals surface area contributed by atoms with E-state index in [4.69, 9.17) is 5.73 Å². The van der Waals surface area contributed by atoms with Crippen LogP contribution in [0, 0.1) is 13.8 Å². The van der Waals surface area contributed by atoms with E-state index in [9.17, 15) is 4.79 Å². The van der Waals surface area contributed by atoms with Crippen LogP contribution in [0.4, 0.5) is 0 Å². The van der Waals surface area contributed by atoms with Gasteiger partial charge in [0, 0.05) is 22.2 Å². The monoisotopic (exact) mass is 240 g/mol. The summed E-state index contributed by atoms with van der Waals surface area (Å²) in [6.45, 7) is 7.26. The number of hydrogen-bond acceptors (Lipinski definition) is 3. The molecule has 0 bridgehead atoms. The molecule has 0 saturated heterocycles. The van der Waals surface area contributed by atoms with Gasteiger partial charge in [-0.15, -0.1) is 11.3 Å². The molecule has 90 valence electrons. The first-order chi connectivity index (χ1) is 7.50. The van der Waals surface area contributed by atoms with Gasteiger partial charge >= 0.3 is 0 Å². The molecule has 1 aromatic rings. The van der Waals surface area contributed by atoms with Crippen molar-refractivity contribution in [2.75, 3.05) is 6.54 Å². The molecule has 1 heterocycles. The van der Waals surface area contributed by atoms with Crippen LogP contribution in [0.3, 0.4) is 0 Å². The fraction of sp³-hybridized carbons (Fsp3) is 0.583. The summed E-state index contributed by atoms with van der Waals surface area (Å²) in [5, 5.41) is 3.41.